The molecule has 0 aliphatic heterocycles. The second-order valence-electron chi connectivity index (χ2n) is 5.71. The molecular weight excluding hydrogens is 302 g/mol. The van der Waals surface area contributed by atoms with Crippen molar-refractivity contribution in [1.29, 1.82) is 0 Å². The zero-order chi connectivity index (χ0) is 16.2. The summed E-state index contributed by atoms with van der Waals surface area (Å²) in [6.45, 7) is 7.29. The minimum atomic E-state index is 0.899. The predicted molar refractivity (Wildman–Crippen MR) is 96.1 cm³/mol. The van der Waals surface area contributed by atoms with Crippen molar-refractivity contribution in [3.05, 3.63) is 75.3 Å². The number of hydrogen-bond acceptors (Lipinski definition) is 3. The fourth-order valence-corrected chi connectivity index (χ4v) is 3.42. The van der Waals surface area contributed by atoms with Crippen LogP contribution in [0.25, 0.3) is 0 Å². The van der Waals surface area contributed by atoms with Crippen molar-refractivity contribution < 1.29 is 0 Å². The van der Waals surface area contributed by atoms with E-state index in [-0.39, 0.29) is 0 Å². The van der Waals surface area contributed by atoms with Gasteiger partial charge in [0, 0.05) is 35.9 Å². The standard InChI is InChI=1S/C19H21N3S/c1-14-7-6-9-18(16(14)3)21-19-22(15(2)13-23-19)12-10-17-8-4-5-11-20-17/h4-9,11,13H,10,12H2,1-3H3. The summed E-state index contributed by atoms with van der Waals surface area (Å²) in [5.74, 6) is 0. The Balaban J connectivity index is 1.92. The van der Waals surface area contributed by atoms with Gasteiger partial charge in [0.05, 0.1) is 5.69 Å². The Hall–Kier alpha value is -2.20. The predicted octanol–water partition coefficient (Wildman–Crippen LogP) is 4.34. The largest absolute Gasteiger partial charge is 0.321 e. The molecule has 118 valence electrons. The van der Waals surface area contributed by atoms with E-state index in [4.69, 9.17) is 4.99 Å². The molecule has 2 aromatic heterocycles. The Morgan fingerprint density at radius 2 is 1.96 bits per heavy atom. The first kappa shape index (κ1) is 15.7. The van der Waals surface area contributed by atoms with Crippen LogP contribution in [0.5, 0.6) is 0 Å². The van der Waals surface area contributed by atoms with E-state index in [1.807, 2.05) is 18.3 Å². The van der Waals surface area contributed by atoms with Crippen LogP contribution in [0.3, 0.4) is 0 Å². The lowest BCUT2D eigenvalue weighted by molar-refractivity contribution is 0.650. The van der Waals surface area contributed by atoms with E-state index >= 15 is 0 Å². The van der Waals surface area contributed by atoms with Gasteiger partial charge in [-0.15, -0.1) is 11.3 Å². The van der Waals surface area contributed by atoms with E-state index in [0.717, 1.165) is 29.1 Å². The van der Waals surface area contributed by atoms with Crippen LogP contribution in [0.2, 0.25) is 0 Å². The van der Waals surface area contributed by atoms with Gasteiger partial charge >= 0.3 is 0 Å². The molecule has 0 atom stereocenters. The molecule has 23 heavy (non-hydrogen) atoms. The highest BCUT2D eigenvalue weighted by Crippen LogP contribution is 2.20. The highest BCUT2D eigenvalue weighted by atomic mass is 32.1. The Morgan fingerprint density at radius 3 is 2.74 bits per heavy atom. The molecule has 0 aliphatic carbocycles. The molecule has 0 saturated heterocycles. The molecule has 3 aromatic rings. The van der Waals surface area contributed by atoms with Gasteiger partial charge in [-0.1, -0.05) is 18.2 Å². The van der Waals surface area contributed by atoms with Crippen LogP contribution in [-0.2, 0) is 13.0 Å². The topological polar surface area (TPSA) is 30.2 Å². The SMILES string of the molecule is Cc1cccc(N=c2scc(C)n2CCc2ccccn2)c1C. The van der Waals surface area contributed by atoms with E-state index in [2.05, 4.69) is 60.0 Å². The Labute approximate surface area is 141 Å². The maximum atomic E-state index is 4.90. The zero-order valence-electron chi connectivity index (χ0n) is 13.8. The number of thiazole rings is 1. The van der Waals surface area contributed by atoms with E-state index in [0.29, 0.717) is 0 Å². The summed E-state index contributed by atoms with van der Waals surface area (Å²) in [6, 6.07) is 12.3. The van der Waals surface area contributed by atoms with Crippen molar-refractivity contribution in [1.82, 2.24) is 9.55 Å². The quantitative estimate of drug-likeness (QED) is 0.702. The van der Waals surface area contributed by atoms with Crippen molar-refractivity contribution in [2.45, 2.75) is 33.7 Å². The summed E-state index contributed by atoms with van der Waals surface area (Å²) in [7, 11) is 0. The Bertz CT molecular complexity index is 860. The van der Waals surface area contributed by atoms with Crippen molar-refractivity contribution in [3.8, 4) is 0 Å². The Kier molecular flexibility index (Phi) is 4.72. The molecule has 2 heterocycles. The molecule has 4 heteroatoms. The van der Waals surface area contributed by atoms with Crippen LogP contribution in [0.4, 0.5) is 5.69 Å². The van der Waals surface area contributed by atoms with Crippen LogP contribution in [0, 0.1) is 20.8 Å². The van der Waals surface area contributed by atoms with Gasteiger partial charge in [0.15, 0.2) is 4.80 Å². The highest BCUT2D eigenvalue weighted by Gasteiger charge is 2.04. The van der Waals surface area contributed by atoms with Crippen molar-refractivity contribution in [2.75, 3.05) is 0 Å². The summed E-state index contributed by atoms with van der Waals surface area (Å²) >= 11 is 1.70. The lowest BCUT2D eigenvalue weighted by Crippen LogP contribution is -2.17. The lowest BCUT2D eigenvalue weighted by Gasteiger charge is -2.07. The van der Waals surface area contributed by atoms with Gasteiger partial charge < -0.3 is 4.57 Å². The van der Waals surface area contributed by atoms with E-state index in [1.54, 1.807) is 11.3 Å². The van der Waals surface area contributed by atoms with Crippen molar-refractivity contribution in [3.63, 3.8) is 0 Å². The fraction of sp³-hybridized carbons (Fsp3) is 0.263. The number of hydrogen-bond donors (Lipinski definition) is 0. The number of aromatic nitrogens is 2. The first-order chi connectivity index (χ1) is 11.1. The molecule has 0 aliphatic rings. The molecule has 0 N–H and O–H groups in total. The molecule has 0 spiro atoms. The zero-order valence-corrected chi connectivity index (χ0v) is 14.6. The highest BCUT2D eigenvalue weighted by molar-refractivity contribution is 7.07. The number of nitrogens with zero attached hydrogens (tertiary/aromatic N) is 3. The van der Waals surface area contributed by atoms with Crippen molar-refractivity contribution in [2.24, 2.45) is 4.99 Å². The van der Waals surface area contributed by atoms with E-state index in [1.165, 1.54) is 16.8 Å². The second-order valence-corrected chi connectivity index (χ2v) is 6.55. The molecule has 0 bridgehead atoms. The average molecular weight is 323 g/mol. The summed E-state index contributed by atoms with van der Waals surface area (Å²) in [5, 5.41) is 2.17. The summed E-state index contributed by atoms with van der Waals surface area (Å²) < 4.78 is 2.28. The molecule has 0 radical (unpaired) electrons. The third kappa shape index (κ3) is 3.59. The van der Waals surface area contributed by atoms with Gasteiger partial charge in [-0.2, -0.15) is 0 Å². The molecule has 0 amide bonds. The number of benzene rings is 1. The maximum Gasteiger partial charge on any atom is 0.190 e. The first-order valence-corrected chi connectivity index (χ1v) is 8.69. The molecular formula is C19H21N3S. The molecule has 0 saturated carbocycles. The van der Waals surface area contributed by atoms with Crippen LogP contribution < -0.4 is 4.80 Å². The Morgan fingerprint density at radius 1 is 1.09 bits per heavy atom. The van der Waals surface area contributed by atoms with Gasteiger partial charge in [0.25, 0.3) is 0 Å². The van der Waals surface area contributed by atoms with Crippen LogP contribution in [-0.4, -0.2) is 9.55 Å². The monoisotopic (exact) mass is 323 g/mol. The minimum Gasteiger partial charge on any atom is -0.321 e. The average Bonchev–Trinajstić information content (AvgIpc) is 2.91. The summed E-state index contributed by atoms with van der Waals surface area (Å²) in [4.78, 5) is 10.4. The van der Waals surface area contributed by atoms with Crippen molar-refractivity contribution >= 4 is 17.0 Å². The third-order valence-corrected chi connectivity index (χ3v) is 5.08. The first-order valence-electron chi connectivity index (χ1n) is 7.81. The van der Waals surface area contributed by atoms with Crippen LogP contribution in [0.15, 0.2) is 53.0 Å². The van der Waals surface area contributed by atoms with Crippen LogP contribution >= 0.6 is 11.3 Å². The summed E-state index contributed by atoms with van der Waals surface area (Å²) in [5.41, 5.74) is 5.94. The lowest BCUT2D eigenvalue weighted by atomic mass is 10.1. The molecule has 3 rings (SSSR count). The van der Waals surface area contributed by atoms with E-state index in [9.17, 15) is 0 Å². The molecule has 3 nitrogen and oxygen atoms in total. The molecule has 1 aromatic carbocycles. The third-order valence-electron chi connectivity index (χ3n) is 4.10. The number of pyridine rings is 1. The van der Waals surface area contributed by atoms with E-state index < -0.39 is 0 Å². The van der Waals surface area contributed by atoms with Gasteiger partial charge in [-0.3, -0.25) is 4.98 Å². The summed E-state index contributed by atoms with van der Waals surface area (Å²) in [6.07, 6.45) is 2.76. The fourth-order valence-electron chi connectivity index (χ4n) is 2.51. The van der Waals surface area contributed by atoms with Crippen LogP contribution in [0.1, 0.15) is 22.5 Å². The molecule has 0 unspecified atom stereocenters. The number of aryl methyl sites for hydroxylation is 3. The molecule has 0 fully saturated rings. The number of rotatable bonds is 4. The smallest absolute Gasteiger partial charge is 0.190 e. The van der Waals surface area contributed by atoms with Gasteiger partial charge in [0.2, 0.25) is 0 Å². The van der Waals surface area contributed by atoms with Gasteiger partial charge in [-0.05, 0) is 50.1 Å². The maximum absolute atomic E-state index is 4.90. The normalized spacial score (nSPS) is 11.9. The van der Waals surface area contributed by atoms with Gasteiger partial charge in [0.1, 0.15) is 0 Å². The second kappa shape index (κ2) is 6.92. The van der Waals surface area contributed by atoms with Gasteiger partial charge in [-0.25, -0.2) is 4.99 Å². The minimum absolute atomic E-state index is 0.899.